The van der Waals surface area contributed by atoms with Gasteiger partial charge in [-0.05, 0) is 44.2 Å². The van der Waals surface area contributed by atoms with Crippen LogP contribution in [-0.2, 0) is 6.61 Å². The van der Waals surface area contributed by atoms with Crippen LogP contribution in [0.5, 0.6) is 17.2 Å². The second-order valence-electron chi connectivity index (χ2n) is 5.23. The van der Waals surface area contributed by atoms with Crippen LogP contribution in [0.2, 0.25) is 0 Å². The predicted molar refractivity (Wildman–Crippen MR) is 94.9 cm³/mol. The zero-order chi connectivity index (χ0) is 17.5. The Labute approximate surface area is 146 Å². The summed E-state index contributed by atoms with van der Waals surface area (Å²) in [4.78, 5) is 4.48. The van der Waals surface area contributed by atoms with Crippen LogP contribution in [0.15, 0.2) is 48.5 Å². The fourth-order valence-electron chi connectivity index (χ4n) is 2.35. The van der Waals surface area contributed by atoms with Crippen LogP contribution >= 0.6 is 0 Å². The molecule has 2 aromatic carbocycles. The Bertz CT molecular complexity index is 803. The van der Waals surface area contributed by atoms with E-state index in [-0.39, 0.29) is 0 Å². The van der Waals surface area contributed by atoms with Crippen LogP contribution in [0.25, 0.3) is 11.4 Å². The number of ether oxygens (including phenoxy) is 3. The van der Waals surface area contributed by atoms with Gasteiger partial charge in [-0.25, -0.2) is 4.98 Å². The summed E-state index contributed by atoms with van der Waals surface area (Å²) in [6, 6.07) is 15.3. The first-order valence-corrected chi connectivity index (χ1v) is 8.29. The molecule has 6 nitrogen and oxygen atoms in total. The first kappa shape index (κ1) is 16.8. The van der Waals surface area contributed by atoms with Gasteiger partial charge in [0.05, 0.1) is 13.2 Å². The number of nitrogens with one attached hydrogen (secondary N) is 1. The molecule has 0 fully saturated rings. The molecule has 0 aliphatic carbocycles. The molecule has 130 valence electrons. The first-order valence-electron chi connectivity index (χ1n) is 8.29. The van der Waals surface area contributed by atoms with Crippen molar-refractivity contribution >= 4 is 0 Å². The van der Waals surface area contributed by atoms with Crippen LogP contribution < -0.4 is 14.2 Å². The molecule has 0 saturated carbocycles. The van der Waals surface area contributed by atoms with Gasteiger partial charge in [-0.1, -0.05) is 18.2 Å². The van der Waals surface area contributed by atoms with Crippen LogP contribution in [0.3, 0.4) is 0 Å². The summed E-state index contributed by atoms with van der Waals surface area (Å²) in [5.74, 6) is 3.45. The standard InChI is InChI=1S/C19H21N3O3/c1-3-23-16-11-10-14(12-17(16)24-4-2)19-20-18(21-22-19)13-25-15-8-6-5-7-9-15/h5-12H,3-4,13H2,1-2H3,(H,20,21,22). The van der Waals surface area contributed by atoms with Crippen molar-refractivity contribution in [1.29, 1.82) is 0 Å². The molecule has 0 unspecified atom stereocenters. The molecule has 6 heteroatoms. The van der Waals surface area contributed by atoms with E-state index in [1.165, 1.54) is 0 Å². The van der Waals surface area contributed by atoms with E-state index in [1.54, 1.807) is 0 Å². The average Bonchev–Trinajstić information content (AvgIpc) is 3.12. The molecule has 25 heavy (non-hydrogen) atoms. The Morgan fingerprint density at radius 2 is 1.64 bits per heavy atom. The van der Waals surface area contributed by atoms with E-state index < -0.39 is 0 Å². The van der Waals surface area contributed by atoms with Crippen molar-refractivity contribution in [2.75, 3.05) is 13.2 Å². The fourth-order valence-corrected chi connectivity index (χ4v) is 2.35. The number of hydrogen-bond acceptors (Lipinski definition) is 5. The Morgan fingerprint density at radius 3 is 2.40 bits per heavy atom. The maximum atomic E-state index is 5.68. The smallest absolute Gasteiger partial charge is 0.181 e. The summed E-state index contributed by atoms with van der Waals surface area (Å²) in [7, 11) is 0. The monoisotopic (exact) mass is 339 g/mol. The maximum absolute atomic E-state index is 5.68. The van der Waals surface area contributed by atoms with E-state index in [0.717, 1.165) is 17.1 Å². The van der Waals surface area contributed by atoms with E-state index >= 15 is 0 Å². The lowest BCUT2D eigenvalue weighted by Crippen LogP contribution is -1.99. The average molecular weight is 339 g/mol. The topological polar surface area (TPSA) is 69.3 Å². The van der Waals surface area contributed by atoms with Crippen molar-refractivity contribution in [3.05, 3.63) is 54.4 Å². The zero-order valence-corrected chi connectivity index (χ0v) is 14.4. The Balaban J connectivity index is 1.74. The van der Waals surface area contributed by atoms with E-state index in [9.17, 15) is 0 Å². The van der Waals surface area contributed by atoms with E-state index in [1.807, 2.05) is 62.4 Å². The largest absolute Gasteiger partial charge is 0.490 e. The zero-order valence-electron chi connectivity index (χ0n) is 14.4. The van der Waals surface area contributed by atoms with Gasteiger partial charge in [-0.15, -0.1) is 0 Å². The quantitative estimate of drug-likeness (QED) is 0.675. The third-order valence-electron chi connectivity index (χ3n) is 3.45. The van der Waals surface area contributed by atoms with Gasteiger partial charge in [-0.3, -0.25) is 5.10 Å². The number of benzene rings is 2. The molecule has 0 radical (unpaired) electrons. The third-order valence-corrected chi connectivity index (χ3v) is 3.45. The Hall–Kier alpha value is -3.02. The molecule has 0 saturated heterocycles. The number of rotatable bonds is 8. The highest BCUT2D eigenvalue weighted by atomic mass is 16.5. The molecule has 0 aliphatic rings. The molecule has 3 rings (SSSR count). The van der Waals surface area contributed by atoms with Crippen molar-refractivity contribution in [2.45, 2.75) is 20.5 Å². The van der Waals surface area contributed by atoms with Gasteiger partial charge in [0.2, 0.25) is 0 Å². The molecule has 1 heterocycles. The highest BCUT2D eigenvalue weighted by Gasteiger charge is 2.11. The number of H-pyrrole nitrogens is 1. The lowest BCUT2D eigenvalue weighted by atomic mass is 10.2. The molecule has 3 aromatic rings. The predicted octanol–water partition coefficient (Wildman–Crippen LogP) is 3.85. The van der Waals surface area contributed by atoms with E-state index in [4.69, 9.17) is 14.2 Å². The first-order chi connectivity index (χ1) is 12.3. The number of aromatic amines is 1. The summed E-state index contributed by atoms with van der Waals surface area (Å²) in [5, 5.41) is 7.17. The van der Waals surface area contributed by atoms with Gasteiger partial charge in [-0.2, -0.15) is 5.10 Å². The second-order valence-corrected chi connectivity index (χ2v) is 5.23. The van der Waals surface area contributed by atoms with Crippen LogP contribution in [0, 0.1) is 0 Å². The van der Waals surface area contributed by atoms with Crippen molar-refractivity contribution in [3.63, 3.8) is 0 Å². The van der Waals surface area contributed by atoms with Gasteiger partial charge in [0.1, 0.15) is 12.4 Å². The maximum Gasteiger partial charge on any atom is 0.181 e. The fraction of sp³-hybridized carbons (Fsp3) is 0.263. The van der Waals surface area contributed by atoms with Gasteiger partial charge < -0.3 is 14.2 Å². The molecule has 0 amide bonds. The third kappa shape index (κ3) is 4.29. The van der Waals surface area contributed by atoms with Crippen LogP contribution in [0.1, 0.15) is 19.7 Å². The van der Waals surface area contributed by atoms with Crippen molar-refractivity contribution in [1.82, 2.24) is 15.2 Å². The molecule has 1 aromatic heterocycles. The SMILES string of the molecule is CCOc1ccc(-c2n[nH]c(COc3ccccc3)n2)cc1OCC. The summed E-state index contributed by atoms with van der Waals surface area (Å²) >= 11 is 0. The number of hydrogen-bond donors (Lipinski definition) is 1. The molecule has 1 N–H and O–H groups in total. The van der Waals surface area contributed by atoms with Gasteiger partial charge in [0, 0.05) is 5.56 Å². The minimum atomic E-state index is 0.326. The molecule has 0 spiro atoms. The lowest BCUT2D eigenvalue weighted by molar-refractivity contribution is 0.288. The van der Waals surface area contributed by atoms with Crippen molar-refractivity contribution in [3.8, 4) is 28.6 Å². The summed E-state index contributed by atoms with van der Waals surface area (Å²) in [6.07, 6.45) is 0. The summed E-state index contributed by atoms with van der Waals surface area (Å²) in [6.45, 7) is 5.35. The number of nitrogens with zero attached hydrogens (tertiary/aromatic N) is 2. The van der Waals surface area contributed by atoms with Crippen LogP contribution in [0.4, 0.5) is 0 Å². The highest BCUT2D eigenvalue weighted by molar-refractivity contribution is 5.60. The molecule has 0 atom stereocenters. The summed E-state index contributed by atoms with van der Waals surface area (Å²) < 4.78 is 16.9. The Kier molecular flexibility index (Phi) is 5.51. The molecular weight excluding hydrogens is 318 g/mol. The molecular formula is C19H21N3O3. The molecule has 0 bridgehead atoms. The highest BCUT2D eigenvalue weighted by Crippen LogP contribution is 2.31. The number of para-hydroxylation sites is 1. The van der Waals surface area contributed by atoms with Crippen LogP contribution in [-0.4, -0.2) is 28.4 Å². The molecule has 0 aliphatic heterocycles. The van der Waals surface area contributed by atoms with Gasteiger partial charge in [0.15, 0.2) is 23.1 Å². The normalized spacial score (nSPS) is 10.5. The Morgan fingerprint density at radius 1 is 0.880 bits per heavy atom. The van der Waals surface area contributed by atoms with E-state index in [0.29, 0.717) is 37.2 Å². The van der Waals surface area contributed by atoms with Gasteiger partial charge in [0.25, 0.3) is 0 Å². The minimum Gasteiger partial charge on any atom is -0.490 e. The second kappa shape index (κ2) is 8.19. The van der Waals surface area contributed by atoms with Crippen molar-refractivity contribution in [2.24, 2.45) is 0 Å². The van der Waals surface area contributed by atoms with E-state index in [2.05, 4.69) is 15.2 Å². The number of aromatic nitrogens is 3. The van der Waals surface area contributed by atoms with Gasteiger partial charge >= 0.3 is 0 Å². The lowest BCUT2D eigenvalue weighted by Gasteiger charge is -2.11. The summed E-state index contributed by atoms with van der Waals surface area (Å²) in [5.41, 5.74) is 0.856. The minimum absolute atomic E-state index is 0.326. The van der Waals surface area contributed by atoms with Crippen molar-refractivity contribution < 1.29 is 14.2 Å².